The van der Waals surface area contributed by atoms with E-state index in [4.69, 9.17) is 5.73 Å². The van der Waals surface area contributed by atoms with Gasteiger partial charge in [0.05, 0.1) is 5.92 Å². The van der Waals surface area contributed by atoms with Gasteiger partial charge in [-0.2, -0.15) is 0 Å². The Morgan fingerprint density at radius 2 is 1.83 bits per heavy atom. The summed E-state index contributed by atoms with van der Waals surface area (Å²) in [5.41, 5.74) is 6.06. The minimum atomic E-state index is -0.292. The smallest absolute Gasteiger partial charge is 0.227 e. The second kappa shape index (κ2) is 5.20. The second-order valence-electron chi connectivity index (χ2n) is 6.99. The predicted molar refractivity (Wildman–Crippen MR) is 74.1 cm³/mol. The summed E-state index contributed by atoms with van der Waals surface area (Å²) in [5.74, 6) is 1.62. The Morgan fingerprint density at radius 3 is 2.39 bits per heavy atom. The van der Waals surface area contributed by atoms with Crippen molar-refractivity contribution in [2.24, 2.45) is 23.5 Å². The fourth-order valence-electron chi connectivity index (χ4n) is 3.83. The van der Waals surface area contributed by atoms with Crippen LogP contribution in [0.3, 0.4) is 0 Å². The third kappa shape index (κ3) is 2.87. The van der Waals surface area contributed by atoms with Gasteiger partial charge in [-0.25, -0.2) is 0 Å². The van der Waals surface area contributed by atoms with Crippen LogP contribution in [0.4, 0.5) is 0 Å². The lowest BCUT2D eigenvalue weighted by molar-refractivity contribution is -0.141. The molecule has 1 saturated heterocycles. The van der Waals surface area contributed by atoms with Gasteiger partial charge in [0.2, 0.25) is 5.91 Å². The maximum atomic E-state index is 12.7. The third-order valence-corrected chi connectivity index (χ3v) is 4.73. The minimum absolute atomic E-state index is 0.0451. The number of hydrogen-bond donors (Lipinski definition) is 1. The zero-order valence-corrected chi connectivity index (χ0v) is 12.1. The van der Waals surface area contributed by atoms with E-state index in [9.17, 15) is 4.79 Å². The van der Waals surface area contributed by atoms with E-state index in [0.29, 0.717) is 17.7 Å². The number of nitrogens with zero attached hydrogens (tertiary/aromatic N) is 1. The van der Waals surface area contributed by atoms with Crippen LogP contribution >= 0.6 is 0 Å². The standard InChI is InChI=1S/C15H28N2O/c1-11-8-12(2)10-17(9-11)14(18)13-6-4-5-7-15(13,3)16/h11-13H,4-10,16H2,1-3H3. The normalized spacial score (nSPS) is 41.8. The first-order valence-corrected chi connectivity index (χ1v) is 7.48. The van der Waals surface area contributed by atoms with Gasteiger partial charge in [0.15, 0.2) is 0 Å². The number of carbonyl (C=O) groups excluding carboxylic acids is 1. The molecule has 0 radical (unpaired) electrons. The highest BCUT2D eigenvalue weighted by atomic mass is 16.2. The summed E-state index contributed by atoms with van der Waals surface area (Å²) in [6.45, 7) is 8.41. The molecule has 0 spiro atoms. The lowest BCUT2D eigenvalue weighted by atomic mass is 9.73. The van der Waals surface area contributed by atoms with Crippen molar-refractivity contribution in [1.29, 1.82) is 0 Å². The van der Waals surface area contributed by atoms with Crippen LogP contribution in [0.1, 0.15) is 52.9 Å². The van der Waals surface area contributed by atoms with E-state index in [1.165, 1.54) is 12.8 Å². The lowest BCUT2D eigenvalue weighted by Gasteiger charge is -2.43. The Kier molecular flexibility index (Phi) is 4.00. The molecular weight excluding hydrogens is 224 g/mol. The molecule has 1 aliphatic heterocycles. The van der Waals surface area contributed by atoms with Gasteiger partial charge in [0.25, 0.3) is 0 Å². The zero-order chi connectivity index (χ0) is 13.3. The summed E-state index contributed by atoms with van der Waals surface area (Å²) in [5, 5.41) is 0. The van der Waals surface area contributed by atoms with Crippen LogP contribution in [0.25, 0.3) is 0 Å². The van der Waals surface area contributed by atoms with Gasteiger partial charge in [0.1, 0.15) is 0 Å². The molecule has 1 saturated carbocycles. The van der Waals surface area contributed by atoms with Crippen LogP contribution in [0.2, 0.25) is 0 Å². The molecule has 1 heterocycles. The molecule has 3 nitrogen and oxygen atoms in total. The van der Waals surface area contributed by atoms with Gasteiger partial charge in [-0.15, -0.1) is 0 Å². The molecule has 4 atom stereocenters. The van der Waals surface area contributed by atoms with Crippen molar-refractivity contribution >= 4 is 5.91 Å². The van der Waals surface area contributed by atoms with Crippen molar-refractivity contribution in [1.82, 2.24) is 4.90 Å². The van der Waals surface area contributed by atoms with E-state index in [-0.39, 0.29) is 11.5 Å². The van der Waals surface area contributed by atoms with Gasteiger partial charge in [-0.3, -0.25) is 4.79 Å². The van der Waals surface area contributed by atoms with Crippen molar-refractivity contribution < 1.29 is 4.79 Å². The van der Waals surface area contributed by atoms with E-state index in [0.717, 1.165) is 32.4 Å². The molecular formula is C15H28N2O. The first-order valence-electron chi connectivity index (χ1n) is 7.48. The first kappa shape index (κ1) is 13.9. The van der Waals surface area contributed by atoms with Gasteiger partial charge in [-0.1, -0.05) is 26.7 Å². The number of nitrogens with two attached hydrogens (primary N) is 1. The molecule has 3 heteroatoms. The van der Waals surface area contributed by atoms with Crippen LogP contribution in [-0.2, 0) is 4.79 Å². The summed E-state index contributed by atoms with van der Waals surface area (Å²) in [6, 6.07) is 0. The van der Waals surface area contributed by atoms with Gasteiger partial charge in [0, 0.05) is 18.6 Å². The molecule has 1 aliphatic carbocycles. The molecule has 104 valence electrons. The fourth-order valence-corrected chi connectivity index (χ4v) is 3.83. The van der Waals surface area contributed by atoms with Crippen LogP contribution < -0.4 is 5.73 Å². The largest absolute Gasteiger partial charge is 0.342 e. The van der Waals surface area contributed by atoms with Crippen LogP contribution in [0, 0.1) is 17.8 Å². The summed E-state index contributed by atoms with van der Waals surface area (Å²) in [7, 11) is 0. The molecule has 0 aromatic heterocycles. The lowest BCUT2D eigenvalue weighted by Crippen LogP contribution is -2.55. The number of hydrogen-bond acceptors (Lipinski definition) is 2. The second-order valence-corrected chi connectivity index (χ2v) is 6.99. The molecule has 1 amide bonds. The maximum absolute atomic E-state index is 12.7. The molecule has 18 heavy (non-hydrogen) atoms. The molecule has 2 fully saturated rings. The summed E-state index contributed by atoms with van der Waals surface area (Å²) in [6.07, 6.45) is 5.54. The molecule has 4 unspecified atom stereocenters. The Hall–Kier alpha value is -0.570. The van der Waals surface area contributed by atoms with Crippen molar-refractivity contribution in [2.75, 3.05) is 13.1 Å². The number of rotatable bonds is 1. The van der Waals surface area contributed by atoms with Crippen molar-refractivity contribution in [2.45, 2.75) is 58.4 Å². The molecule has 2 aliphatic rings. The predicted octanol–water partition coefficient (Wildman–Crippen LogP) is 2.40. The molecule has 2 N–H and O–H groups in total. The highest BCUT2D eigenvalue weighted by molar-refractivity contribution is 5.80. The topological polar surface area (TPSA) is 46.3 Å². The molecule has 0 bridgehead atoms. The number of carbonyl (C=O) groups is 1. The zero-order valence-electron chi connectivity index (χ0n) is 12.1. The van der Waals surface area contributed by atoms with Crippen molar-refractivity contribution in [3.05, 3.63) is 0 Å². The van der Waals surface area contributed by atoms with Gasteiger partial charge in [-0.05, 0) is 38.0 Å². The molecule has 0 aromatic carbocycles. The van der Waals surface area contributed by atoms with Crippen LogP contribution in [0.5, 0.6) is 0 Å². The minimum Gasteiger partial charge on any atom is -0.342 e. The number of likely N-dealkylation sites (tertiary alicyclic amines) is 1. The molecule has 0 aromatic rings. The van der Waals surface area contributed by atoms with E-state index < -0.39 is 0 Å². The monoisotopic (exact) mass is 252 g/mol. The summed E-state index contributed by atoms with van der Waals surface area (Å²) in [4.78, 5) is 14.8. The number of piperidine rings is 1. The van der Waals surface area contributed by atoms with Crippen molar-refractivity contribution in [3.8, 4) is 0 Å². The quantitative estimate of drug-likeness (QED) is 0.779. The SMILES string of the molecule is CC1CC(C)CN(C(=O)C2CCCCC2(C)N)C1. The highest BCUT2D eigenvalue weighted by Crippen LogP contribution is 2.34. The molecule has 2 rings (SSSR count). The number of amides is 1. The summed E-state index contributed by atoms with van der Waals surface area (Å²) >= 11 is 0. The average molecular weight is 252 g/mol. The average Bonchev–Trinajstić information content (AvgIpc) is 2.26. The Morgan fingerprint density at radius 1 is 1.22 bits per heavy atom. The van der Waals surface area contributed by atoms with E-state index in [1.54, 1.807) is 0 Å². The Labute approximate surface area is 111 Å². The van der Waals surface area contributed by atoms with Gasteiger partial charge < -0.3 is 10.6 Å². The Bertz CT molecular complexity index is 304. The summed E-state index contributed by atoms with van der Waals surface area (Å²) < 4.78 is 0. The van der Waals surface area contributed by atoms with E-state index in [2.05, 4.69) is 25.7 Å². The first-order chi connectivity index (χ1) is 8.40. The van der Waals surface area contributed by atoms with Crippen LogP contribution in [0.15, 0.2) is 0 Å². The highest BCUT2D eigenvalue weighted by Gasteiger charge is 2.40. The third-order valence-electron chi connectivity index (χ3n) is 4.73. The van der Waals surface area contributed by atoms with E-state index >= 15 is 0 Å². The maximum Gasteiger partial charge on any atom is 0.227 e. The Balaban J connectivity index is 2.05. The van der Waals surface area contributed by atoms with Crippen LogP contribution in [-0.4, -0.2) is 29.4 Å². The van der Waals surface area contributed by atoms with Gasteiger partial charge >= 0.3 is 0 Å². The van der Waals surface area contributed by atoms with E-state index in [1.807, 2.05) is 0 Å². The fraction of sp³-hybridized carbons (Fsp3) is 0.933. The van der Waals surface area contributed by atoms with Crippen molar-refractivity contribution in [3.63, 3.8) is 0 Å².